The number of para-hydroxylation sites is 1. The Bertz CT molecular complexity index is 1220. The molecule has 0 spiro atoms. The maximum atomic E-state index is 13.2. The van der Waals surface area contributed by atoms with Crippen molar-refractivity contribution >= 4 is 50.4 Å². The van der Waals surface area contributed by atoms with Crippen LogP contribution in [0.5, 0.6) is 0 Å². The number of nitrogens with one attached hydrogen (secondary N) is 1. The normalized spacial score (nSPS) is 21.7. The monoisotopic (exact) mass is 480 g/mol. The predicted octanol–water partition coefficient (Wildman–Crippen LogP) is 4.14. The lowest BCUT2D eigenvalue weighted by molar-refractivity contribution is -0.122. The summed E-state index contributed by atoms with van der Waals surface area (Å²) in [6, 6.07) is 13.6. The van der Waals surface area contributed by atoms with Crippen LogP contribution in [0.25, 0.3) is 10.9 Å². The molecule has 31 heavy (non-hydrogen) atoms. The molecule has 1 saturated heterocycles. The minimum Gasteiger partial charge on any atom is -0.351 e. The summed E-state index contributed by atoms with van der Waals surface area (Å²) in [5, 5.41) is 3.64. The molecule has 1 aliphatic heterocycles. The van der Waals surface area contributed by atoms with E-state index in [-0.39, 0.29) is 24.3 Å². The molecule has 2 aromatic carbocycles. The van der Waals surface area contributed by atoms with Gasteiger partial charge in [0.05, 0.1) is 17.2 Å². The molecule has 0 bridgehead atoms. The van der Waals surface area contributed by atoms with Crippen LogP contribution < -0.4 is 11.1 Å². The van der Waals surface area contributed by atoms with Crippen molar-refractivity contribution < 1.29 is 14.4 Å². The molecule has 1 aromatic heterocycles. The fourth-order valence-corrected chi connectivity index (χ4v) is 5.09. The quantitative estimate of drug-likeness (QED) is 0.586. The number of nitrogens with zero attached hydrogens (tertiary/aromatic N) is 2. The Morgan fingerprint density at radius 1 is 1.10 bits per heavy atom. The van der Waals surface area contributed by atoms with E-state index in [1.54, 1.807) is 17.0 Å². The molecule has 5 rings (SSSR count). The van der Waals surface area contributed by atoms with Gasteiger partial charge in [0.2, 0.25) is 0 Å². The minimum absolute atomic E-state index is 0.0417. The third-order valence-corrected chi connectivity index (χ3v) is 6.66. The van der Waals surface area contributed by atoms with Gasteiger partial charge in [-0.2, -0.15) is 0 Å². The van der Waals surface area contributed by atoms with Gasteiger partial charge in [-0.1, -0.05) is 46.3 Å². The number of fused-ring (bicyclic) bond motifs is 2. The number of anilines is 1. The van der Waals surface area contributed by atoms with Gasteiger partial charge in [0, 0.05) is 28.5 Å². The molecule has 3 aromatic rings. The lowest BCUT2D eigenvalue weighted by Gasteiger charge is -2.27. The zero-order valence-corrected chi connectivity index (χ0v) is 18.2. The summed E-state index contributed by atoms with van der Waals surface area (Å²) >= 11 is 3.44. The number of nitrogens with two attached hydrogens (primary N) is 1. The van der Waals surface area contributed by atoms with Crippen LogP contribution in [-0.4, -0.2) is 39.4 Å². The zero-order chi connectivity index (χ0) is 21.7. The lowest BCUT2D eigenvalue weighted by atomic mass is 10.0. The van der Waals surface area contributed by atoms with E-state index in [0.717, 1.165) is 21.8 Å². The average molecular weight is 481 g/mol. The van der Waals surface area contributed by atoms with Gasteiger partial charge in [-0.05, 0) is 42.5 Å². The van der Waals surface area contributed by atoms with E-state index >= 15 is 0 Å². The van der Waals surface area contributed by atoms with E-state index in [2.05, 4.69) is 21.2 Å². The van der Waals surface area contributed by atoms with Crippen LogP contribution in [0.15, 0.2) is 59.2 Å². The van der Waals surface area contributed by atoms with Crippen LogP contribution in [-0.2, 0) is 11.2 Å². The van der Waals surface area contributed by atoms with Gasteiger partial charge in [0.1, 0.15) is 0 Å². The highest BCUT2D eigenvalue weighted by Crippen LogP contribution is 2.48. The van der Waals surface area contributed by atoms with Gasteiger partial charge in [0.15, 0.2) is 5.78 Å². The van der Waals surface area contributed by atoms with Crippen molar-refractivity contribution in [2.75, 3.05) is 5.32 Å². The fourth-order valence-electron chi connectivity index (χ4n) is 4.64. The van der Waals surface area contributed by atoms with Crippen molar-refractivity contribution in [2.45, 2.75) is 31.3 Å². The molecule has 7 nitrogen and oxygen atoms in total. The summed E-state index contributed by atoms with van der Waals surface area (Å²) in [6.45, 7) is 0. The number of ketones is 1. The number of likely N-dealkylation sites (tertiary alicyclic amines) is 1. The number of carbonyl (C=O) groups is 3. The summed E-state index contributed by atoms with van der Waals surface area (Å²) in [5.41, 5.74) is 7.52. The first-order valence-electron chi connectivity index (χ1n) is 10.2. The van der Waals surface area contributed by atoms with Gasteiger partial charge in [-0.15, -0.1) is 0 Å². The van der Waals surface area contributed by atoms with E-state index < -0.39 is 12.1 Å². The minimum atomic E-state index is -0.623. The molecular weight excluding hydrogens is 460 g/mol. The number of piperidine rings is 1. The van der Waals surface area contributed by atoms with Gasteiger partial charge >= 0.3 is 12.1 Å². The Kier molecular flexibility index (Phi) is 4.81. The van der Waals surface area contributed by atoms with Crippen molar-refractivity contribution in [2.24, 2.45) is 11.7 Å². The first kappa shape index (κ1) is 19.8. The third kappa shape index (κ3) is 3.61. The van der Waals surface area contributed by atoms with Crippen molar-refractivity contribution in [3.05, 3.63) is 64.8 Å². The Morgan fingerprint density at radius 3 is 2.68 bits per heavy atom. The molecule has 158 valence electrons. The summed E-state index contributed by atoms with van der Waals surface area (Å²) in [7, 11) is 0. The number of aromatic nitrogens is 1. The molecule has 2 heterocycles. The maximum absolute atomic E-state index is 13.2. The van der Waals surface area contributed by atoms with Crippen molar-refractivity contribution in [3.63, 3.8) is 0 Å². The molecular formula is C23H21BrN4O3. The molecule has 3 atom stereocenters. The average Bonchev–Trinajstić information content (AvgIpc) is 3.24. The second-order valence-electron chi connectivity index (χ2n) is 8.19. The Labute approximate surface area is 187 Å². The number of urea groups is 1. The van der Waals surface area contributed by atoms with Crippen molar-refractivity contribution in [1.29, 1.82) is 0 Å². The van der Waals surface area contributed by atoms with E-state index in [0.29, 0.717) is 23.5 Å². The number of hydrogen-bond acceptors (Lipinski definition) is 3. The van der Waals surface area contributed by atoms with E-state index in [4.69, 9.17) is 5.73 Å². The largest absolute Gasteiger partial charge is 0.351 e. The van der Waals surface area contributed by atoms with Crippen LogP contribution in [0.3, 0.4) is 0 Å². The maximum Gasteiger partial charge on any atom is 0.323 e. The second-order valence-corrected chi connectivity index (χ2v) is 9.11. The van der Waals surface area contributed by atoms with Crippen molar-refractivity contribution in [1.82, 2.24) is 9.47 Å². The van der Waals surface area contributed by atoms with Crippen LogP contribution in [0, 0.1) is 5.92 Å². The highest BCUT2D eigenvalue weighted by atomic mass is 79.9. The van der Waals surface area contributed by atoms with E-state index in [9.17, 15) is 14.4 Å². The Hall–Kier alpha value is -3.13. The highest BCUT2D eigenvalue weighted by molar-refractivity contribution is 9.10. The third-order valence-electron chi connectivity index (χ3n) is 6.17. The molecule has 1 saturated carbocycles. The Balaban J connectivity index is 1.38. The zero-order valence-electron chi connectivity index (χ0n) is 16.6. The van der Waals surface area contributed by atoms with Gasteiger partial charge < -0.3 is 16.0 Å². The van der Waals surface area contributed by atoms with Crippen molar-refractivity contribution in [3.8, 4) is 0 Å². The second kappa shape index (κ2) is 7.53. The number of hydrogen-bond donors (Lipinski definition) is 2. The number of primary amides is 1. The number of benzene rings is 2. The fraction of sp³-hybridized carbons (Fsp3) is 0.261. The van der Waals surface area contributed by atoms with Gasteiger partial charge in [-0.3, -0.25) is 9.36 Å². The molecule has 3 amide bonds. The lowest BCUT2D eigenvalue weighted by Crippen LogP contribution is -2.45. The molecule has 0 radical (unpaired) electrons. The molecule has 8 heteroatoms. The molecule has 1 aliphatic carbocycles. The van der Waals surface area contributed by atoms with Crippen LogP contribution >= 0.6 is 15.9 Å². The first-order chi connectivity index (χ1) is 14.9. The van der Waals surface area contributed by atoms with Gasteiger partial charge in [-0.25, -0.2) is 9.59 Å². The number of amides is 3. The number of Topliss-reactive ketones (excluding diaryl/α,β-unsaturated/α-hetero) is 1. The summed E-state index contributed by atoms with van der Waals surface area (Å²) in [6.07, 6.45) is 3.45. The molecule has 2 fully saturated rings. The number of carbonyl (C=O) groups excluding carboxylic acids is 3. The van der Waals surface area contributed by atoms with E-state index in [1.807, 2.05) is 36.4 Å². The first-order valence-corrected chi connectivity index (χ1v) is 11.0. The topological polar surface area (TPSA) is 97.4 Å². The molecule has 3 N–H and O–H groups in total. The number of halogens is 1. The Morgan fingerprint density at radius 2 is 1.90 bits per heavy atom. The molecule has 2 unspecified atom stereocenters. The summed E-state index contributed by atoms with van der Waals surface area (Å²) < 4.78 is 2.23. The van der Waals surface area contributed by atoms with Crippen LogP contribution in [0.1, 0.15) is 18.4 Å². The SMILES string of the molecule is NC(=O)n1cc(NC(=O)N2C3CC3C[C@H]2C(=O)Cc2cccc(Br)c2)c2ccccc21. The van der Waals surface area contributed by atoms with Crippen LogP contribution in [0.4, 0.5) is 15.3 Å². The highest BCUT2D eigenvalue weighted by Gasteiger charge is 2.55. The number of rotatable bonds is 4. The van der Waals surface area contributed by atoms with Crippen LogP contribution in [0.2, 0.25) is 0 Å². The summed E-state index contributed by atoms with van der Waals surface area (Å²) in [5.74, 6) is 0.425. The van der Waals surface area contributed by atoms with Gasteiger partial charge in [0.25, 0.3) is 0 Å². The predicted molar refractivity (Wildman–Crippen MR) is 121 cm³/mol. The standard InChI is InChI=1S/C23H21BrN4O3/c24-15-5-3-4-13(8-15)9-21(29)20-11-14-10-19(14)28(20)23(31)26-17-12-27(22(25)30)18-7-2-1-6-16(17)18/h1-8,12,14,19-20H,9-11H2,(H2,25,30)(H,26,31)/t14?,19?,20-/m0/s1. The summed E-state index contributed by atoms with van der Waals surface area (Å²) in [4.78, 5) is 39.8. The smallest absolute Gasteiger partial charge is 0.323 e. The molecule has 2 aliphatic rings. The van der Waals surface area contributed by atoms with E-state index in [1.165, 1.54) is 10.8 Å².